The molecule has 13 heavy (non-hydrogen) atoms. The van der Waals surface area contributed by atoms with E-state index in [-0.39, 0.29) is 5.78 Å². The molecule has 0 amide bonds. The molecule has 0 saturated heterocycles. The standard InChI is InChI=1S/C10H12BrNO/c1-7-2-3-8(5-10(7)12)4-9(13)6-11/h2-3,5H,4,6,12H2,1H3. The molecule has 0 unspecified atom stereocenters. The van der Waals surface area contributed by atoms with E-state index < -0.39 is 0 Å². The first-order valence-corrected chi connectivity index (χ1v) is 5.18. The maximum absolute atomic E-state index is 11.1. The summed E-state index contributed by atoms with van der Waals surface area (Å²) in [6, 6.07) is 5.73. The Kier molecular flexibility index (Phi) is 3.48. The van der Waals surface area contributed by atoms with Crippen molar-refractivity contribution in [1.82, 2.24) is 0 Å². The van der Waals surface area contributed by atoms with Crippen LogP contribution >= 0.6 is 15.9 Å². The van der Waals surface area contributed by atoms with Crippen LogP contribution in [0.1, 0.15) is 11.1 Å². The number of halogens is 1. The molecule has 3 heteroatoms. The number of benzene rings is 1. The van der Waals surface area contributed by atoms with Crippen LogP contribution in [0.15, 0.2) is 18.2 Å². The first kappa shape index (κ1) is 10.3. The average Bonchev–Trinajstić information content (AvgIpc) is 2.11. The summed E-state index contributed by atoms with van der Waals surface area (Å²) in [7, 11) is 0. The van der Waals surface area contributed by atoms with Gasteiger partial charge >= 0.3 is 0 Å². The number of aryl methyl sites for hydroxylation is 1. The summed E-state index contributed by atoms with van der Waals surface area (Å²) < 4.78 is 0. The van der Waals surface area contributed by atoms with Crippen molar-refractivity contribution in [2.24, 2.45) is 0 Å². The van der Waals surface area contributed by atoms with Crippen molar-refractivity contribution in [2.75, 3.05) is 11.1 Å². The lowest BCUT2D eigenvalue weighted by atomic mass is 10.1. The molecule has 0 bridgehead atoms. The number of carbonyl (C=O) groups is 1. The zero-order chi connectivity index (χ0) is 9.84. The van der Waals surface area contributed by atoms with Gasteiger partial charge in [0.25, 0.3) is 0 Å². The molecule has 0 fully saturated rings. The molecule has 0 radical (unpaired) electrons. The second kappa shape index (κ2) is 4.42. The summed E-state index contributed by atoms with van der Waals surface area (Å²) in [6.07, 6.45) is 0.454. The number of rotatable bonds is 3. The topological polar surface area (TPSA) is 43.1 Å². The number of Topliss-reactive ketones (excluding diaryl/α,β-unsaturated/α-hetero) is 1. The Labute approximate surface area is 86.3 Å². The van der Waals surface area contributed by atoms with E-state index in [4.69, 9.17) is 5.73 Å². The molecule has 0 aromatic heterocycles. The van der Waals surface area contributed by atoms with E-state index in [1.807, 2.05) is 25.1 Å². The molecule has 0 aliphatic heterocycles. The number of nitrogen functional groups attached to an aromatic ring is 1. The third-order valence-electron chi connectivity index (χ3n) is 1.89. The van der Waals surface area contributed by atoms with Crippen LogP contribution in [0.2, 0.25) is 0 Å². The largest absolute Gasteiger partial charge is 0.399 e. The second-order valence-corrected chi connectivity index (χ2v) is 3.60. The van der Waals surface area contributed by atoms with Crippen LogP contribution in [0.3, 0.4) is 0 Å². The maximum atomic E-state index is 11.1. The fourth-order valence-electron chi connectivity index (χ4n) is 1.07. The fraction of sp³-hybridized carbons (Fsp3) is 0.300. The van der Waals surface area contributed by atoms with Crippen molar-refractivity contribution in [3.8, 4) is 0 Å². The first-order valence-electron chi connectivity index (χ1n) is 4.06. The van der Waals surface area contributed by atoms with Crippen LogP contribution in [0, 0.1) is 6.92 Å². The molecule has 70 valence electrons. The highest BCUT2D eigenvalue weighted by atomic mass is 79.9. The lowest BCUT2D eigenvalue weighted by Gasteiger charge is -2.03. The van der Waals surface area contributed by atoms with E-state index in [9.17, 15) is 4.79 Å². The third kappa shape index (κ3) is 2.84. The summed E-state index contributed by atoms with van der Waals surface area (Å²) in [5, 5.41) is 0.404. The number of hydrogen-bond acceptors (Lipinski definition) is 2. The van der Waals surface area contributed by atoms with Gasteiger partial charge in [-0.25, -0.2) is 0 Å². The van der Waals surface area contributed by atoms with Crippen molar-refractivity contribution in [1.29, 1.82) is 0 Å². The summed E-state index contributed by atoms with van der Waals surface area (Å²) in [5.41, 5.74) is 8.49. The Morgan fingerprint density at radius 3 is 2.77 bits per heavy atom. The second-order valence-electron chi connectivity index (χ2n) is 3.04. The molecule has 1 aromatic carbocycles. The molecule has 0 spiro atoms. The molecular formula is C10H12BrNO. The Morgan fingerprint density at radius 1 is 1.54 bits per heavy atom. The third-order valence-corrected chi connectivity index (χ3v) is 2.52. The Morgan fingerprint density at radius 2 is 2.23 bits per heavy atom. The number of hydrogen-bond donors (Lipinski definition) is 1. The lowest BCUT2D eigenvalue weighted by molar-refractivity contribution is -0.115. The number of alkyl halides is 1. The Hall–Kier alpha value is -0.830. The highest BCUT2D eigenvalue weighted by molar-refractivity contribution is 9.09. The molecule has 1 aromatic rings. The summed E-state index contributed by atoms with van der Waals surface area (Å²) in [4.78, 5) is 11.1. The molecule has 1 rings (SSSR count). The van der Waals surface area contributed by atoms with Crippen molar-refractivity contribution in [3.05, 3.63) is 29.3 Å². The quantitative estimate of drug-likeness (QED) is 0.651. The van der Waals surface area contributed by atoms with Gasteiger partial charge in [0, 0.05) is 12.1 Å². The number of carbonyl (C=O) groups excluding carboxylic acids is 1. The predicted octanol–water partition coefficient (Wildman–Crippen LogP) is 2.08. The van der Waals surface area contributed by atoms with Crippen LogP contribution in [0.5, 0.6) is 0 Å². The van der Waals surface area contributed by atoms with Crippen LogP contribution in [0.25, 0.3) is 0 Å². The minimum absolute atomic E-state index is 0.170. The summed E-state index contributed by atoms with van der Waals surface area (Å²) in [5.74, 6) is 0.170. The van der Waals surface area contributed by atoms with E-state index in [2.05, 4.69) is 15.9 Å². The Bertz CT molecular complexity index is 323. The van der Waals surface area contributed by atoms with E-state index >= 15 is 0 Å². The van der Waals surface area contributed by atoms with Gasteiger partial charge in [-0.2, -0.15) is 0 Å². The molecule has 2 nitrogen and oxygen atoms in total. The van der Waals surface area contributed by atoms with Crippen LogP contribution in [0.4, 0.5) is 5.69 Å². The zero-order valence-corrected chi connectivity index (χ0v) is 9.10. The van der Waals surface area contributed by atoms with E-state index in [0.717, 1.165) is 16.8 Å². The van der Waals surface area contributed by atoms with Crippen molar-refractivity contribution in [2.45, 2.75) is 13.3 Å². The maximum Gasteiger partial charge on any atom is 0.147 e. The van der Waals surface area contributed by atoms with Crippen molar-refractivity contribution >= 4 is 27.4 Å². The van der Waals surface area contributed by atoms with Crippen LogP contribution in [-0.4, -0.2) is 11.1 Å². The SMILES string of the molecule is Cc1ccc(CC(=O)CBr)cc1N. The van der Waals surface area contributed by atoms with Gasteiger partial charge in [-0.05, 0) is 24.1 Å². The van der Waals surface area contributed by atoms with Crippen molar-refractivity contribution < 1.29 is 4.79 Å². The zero-order valence-electron chi connectivity index (χ0n) is 7.51. The molecule has 0 heterocycles. The van der Waals surface area contributed by atoms with Crippen LogP contribution in [-0.2, 0) is 11.2 Å². The van der Waals surface area contributed by atoms with Gasteiger partial charge in [0.1, 0.15) is 5.78 Å². The average molecular weight is 242 g/mol. The normalized spacial score (nSPS) is 10.0. The molecule has 2 N–H and O–H groups in total. The Balaban J connectivity index is 2.79. The fourth-order valence-corrected chi connectivity index (χ4v) is 1.27. The van der Waals surface area contributed by atoms with Gasteiger partial charge in [0.05, 0.1) is 5.33 Å². The lowest BCUT2D eigenvalue weighted by Crippen LogP contribution is -2.04. The molecule has 0 aliphatic rings. The van der Waals surface area contributed by atoms with Gasteiger partial charge in [-0.1, -0.05) is 28.1 Å². The van der Waals surface area contributed by atoms with Gasteiger partial charge in [-0.15, -0.1) is 0 Å². The summed E-state index contributed by atoms with van der Waals surface area (Å²) >= 11 is 3.12. The smallest absolute Gasteiger partial charge is 0.147 e. The van der Waals surface area contributed by atoms with Gasteiger partial charge in [0.2, 0.25) is 0 Å². The molecular weight excluding hydrogens is 230 g/mol. The summed E-state index contributed by atoms with van der Waals surface area (Å²) in [6.45, 7) is 1.95. The molecule has 0 saturated carbocycles. The van der Waals surface area contributed by atoms with E-state index in [1.165, 1.54) is 0 Å². The number of ketones is 1. The predicted molar refractivity (Wildman–Crippen MR) is 58.1 cm³/mol. The van der Waals surface area contributed by atoms with Gasteiger partial charge < -0.3 is 5.73 Å². The van der Waals surface area contributed by atoms with Crippen LogP contribution < -0.4 is 5.73 Å². The van der Waals surface area contributed by atoms with E-state index in [0.29, 0.717) is 11.8 Å². The molecule has 0 atom stereocenters. The minimum atomic E-state index is 0.170. The number of anilines is 1. The highest BCUT2D eigenvalue weighted by Crippen LogP contribution is 2.13. The van der Waals surface area contributed by atoms with Gasteiger partial charge in [0.15, 0.2) is 0 Å². The first-order chi connectivity index (χ1) is 6.13. The molecule has 0 aliphatic carbocycles. The number of nitrogens with two attached hydrogens (primary N) is 1. The minimum Gasteiger partial charge on any atom is -0.399 e. The van der Waals surface area contributed by atoms with E-state index in [1.54, 1.807) is 0 Å². The van der Waals surface area contributed by atoms with Gasteiger partial charge in [-0.3, -0.25) is 4.79 Å². The monoisotopic (exact) mass is 241 g/mol. The highest BCUT2D eigenvalue weighted by Gasteiger charge is 2.02. The van der Waals surface area contributed by atoms with Crippen molar-refractivity contribution in [3.63, 3.8) is 0 Å².